The van der Waals surface area contributed by atoms with E-state index < -0.39 is 0 Å². The Bertz CT molecular complexity index is 1100. The molecule has 0 atom stereocenters. The van der Waals surface area contributed by atoms with E-state index in [1.807, 2.05) is 41.9 Å². The summed E-state index contributed by atoms with van der Waals surface area (Å²) in [5.41, 5.74) is 2.54. The van der Waals surface area contributed by atoms with Crippen LogP contribution in [0.3, 0.4) is 0 Å². The summed E-state index contributed by atoms with van der Waals surface area (Å²) in [4.78, 5) is 27.5. The fraction of sp³-hybridized carbons (Fsp3) is 0.273. The Morgan fingerprint density at radius 1 is 1.07 bits per heavy atom. The topological polar surface area (TPSA) is 72.8 Å². The second-order valence-corrected chi connectivity index (χ2v) is 6.97. The Kier molecular flexibility index (Phi) is 4.88. The van der Waals surface area contributed by atoms with Crippen molar-refractivity contribution in [2.75, 3.05) is 31.0 Å². The van der Waals surface area contributed by atoms with Crippen molar-refractivity contribution in [3.05, 3.63) is 48.2 Å². The van der Waals surface area contributed by atoms with Crippen molar-refractivity contribution in [3.8, 4) is 11.5 Å². The first-order valence-electron chi connectivity index (χ1n) is 9.45. The molecule has 4 rings (SSSR count). The molecule has 1 saturated heterocycles. The minimum Gasteiger partial charge on any atom is -0.497 e. The number of hydrogen-bond donors (Lipinski definition) is 1. The van der Waals surface area contributed by atoms with Gasteiger partial charge in [-0.05, 0) is 36.8 Å². The van der Waals surface area contributed by atoms with Crippen LogP contribution in [-0.4, -0.2) is 37.1 Å². The molecule has 0 spiro atoms. The lowest BCUT2D eigenvalue weighted by molar-refractivity contribution is -0.117. The fourth-order valence-corrected chi connectivity index (χ4v) is 3.84. The summed E-state index contributed by atoms with van der Waals surface area (Å²) in [6.07, 6.45) is 1.26. The first-order valence-corrected chi connectivity index (χ1v) is 9.45. The average Bonchev–Trinajstić information content (AvgIpc) is 3.28. The number of carbonyl (C=O) groups is 2. The molecule has 1 aromatic heterocycles. The van der Waals surface area contributed by atoms with E-state index >= 15 is 0 Å². The summed E-state index contributed by atoms with van der Waals surface area (Å²) in [7, 11) is 5.01. The predicted molar refractivity (Wildman–Crippen MR) is 112 cm³/mol. The lowest BCUT2D eigenvalue weighted by Crippen LogP contribution is -2.27. The molecule has 7 heteroatoms. The number of amides is 2. The molecule has 1 aliphatic heterocycles. The summed E-state index contributed by atoms with van der Waals surface area (Å²) < 4.78 is 12.4. The quantitative estimate of drug-likeness (QED) is 0.719. The molecule has 1 fully saturated rings. The highest BCUT2D eigenvalue weighted by atomic mass is 16.5. The van der Waals surface area contributed by atoms with Crippen LogP contribution in [-0.2, 0) is 11.8 Å². The van der Waals surface area contributed by atoms with Gasteiger partial charge in [-0.15, -0.1) is 0 Å². The van der Waals surface area contributed by atoms with Crippen LogP contribution in [0.25, 0.3) is 10.9 Å². The van der Waals surface area contributed by atoms with Crippen LogP contribution >= 0.6 is 0 Å². The average molecular weight is 393 g/mol. The van der Waals surface area contributed by atoms with Crippen molar-refractivity contribution in [1.29, 1.82) is 0 Å². The highest BCUT2D eigenvalue weighted by Gasteiger charge is 2.31. The van der Waals surface area contributed by atoms with E-state index in [1.165, 1.54) is 0 Å². The number of aromatic nitrogens is 1. The van der Waals surface area contributed by atoms with Crippen LogP contribution in [0.4, 0.5) is 11.4 Å². The van der Waals surface area contributed by atoms with Gasteiger partial charge in [0.05, 0.1) is 25.4 Å². The van der Waals surface area contributed by atoms with Gasteiger partial charge in [-0.3, -0.25) is 9.59 Å². The van der Waals surface area contributed by atoms with E-state index in [4.69, 9.17) is 9.47 Å². The molecule has 150 valence electrons. The van der Waals surface area contributed by atoms with Crippen LogP contribution < -0.4 is 19.7 Å². The number of nitrogens with zero attached hydrogens (tertiary/aromatic N) is 2. The zero-order chi connectivity index (χ0) is 20.5. The van der Waals surface area contributed by atoms with E-state index in [2.05, 4.69) is 5.32 Å². The number of carbonyl (C=O) groups excluding carboxylic acids is 2. The smallest absolute Gasteiger partial charge is 0.274 e. The molecule has 1 aliphatic rings. The summed E-state index contributed by atoms with van der Waals surface area (Å²) >= 11 is 0. The molecule has 2 aromatic carbocycles. The predicted octanol–water partition coefficient (Wildman–Crippen LogP) is 3.57. The van der Waals surface area contributed by atoms with Gasteiger partial charge in [0, 0.05) is 37.2 Å². The summed E-state index contributed by atoms with van der Waals surface area (Å²) in [6, 6.07) is 12.8. The Labute approximate surface area is 168 Å². The van der Waals surface area contributed by atoms with Crippen molar-refractivity contribution in [1.82, 2.24) is 4.57 Å². The minimum absolute atomic E-state index is 0.0238. The fourth-order valence-electron chi connectivity index (χ4n) is 3.84. The summed E-state index contributed by atoms with van der Waals surface area (Å²) in [6.45, 7) is 0.592. The lowest BCUT2D eigenvalue weighted by Gasteiger charge is -2.18. The highest BCUT2D eigenvalue weighted by molar-refractivity contribution is 6.17. The number of nitrogens with one attached hydrogen (secondary N) is 1. The van der Waals surface area contributed by atoms with Gasteiger partial charge in [-0.25, -0.2) is 0 Å². The van der Waals surface area contributed by atoms with Crippen molar-refractivity contribution in [2.24, 2.45) is 7.05 Å². The van der Waals surface area contributed by atoms with Gasteiger partial charge in [0.1, 0.15) is 17.2 Å². The second-order valence-electron chi connectivity index (χ2n) is 6.97. The maximum Gasteiger partial charge on any atom is 0.274 e. The van der Waals surface area contributed by atoms with E-state index in [0.717, 1.165) is 17.3 Å². The maximum absolute atomic E-state index is 13.3. The minimum atomic E-state index is -0.286. The van der Waals surface area contributed by atoms with Gasteiger partial charge in [-0.1, -0.05) is 6.07 Å². The van der Waals surface area contributed by atoms with Crippen molar-refractivity contribution < 1.29 is 19.1 Å². The van der Waals surface area contributed by atoms with Gasteiger partial charge >= 0.3 is 0 Å². The third-order valence-electron chi connectivity index (χ3n) is 5.27. The van der Waals surface area contributed by atoms with Crippen molar-refractivity contribution in [2.45, 2.75) is 12.8 Å². The van der Waals surface area contributed by atoms with E-state index in [1.54, 1.807) is 31.3 Å². The van der Waals surface area contributed by atoms with Gasteiger partial charge in [0.2, 0.25) is 5.91 Å². The van der Waals surface area contributed by atoms with Crippen molar-refractivity contribution in [3.63, 3.8) is 0 Å². The third kappa shape index (κ3) is 3.29. The highest BCUT2D eigenvalue weighted by Crippen LogP contribution is 2.38. The first kappa shape index (κ1) is 18.9. The van der Waals surface area contributed by atoms with Gasteiger partial charge in [0.15, 0.2) is 0 Å². The number of rotatable bonds is 5. The van der Waals surface area contributed by atoms with Gasteiger partial charge < -0.3 is 24.3 Å². The molecule has 2 heterocycles. The third-order valence-corrected chi connectivity index (χ3v) is 5.27. The molecule has 3 aromatic rings. The maximum atomic E-state index is 13.3. The number of anilines is 2. The molecule has 1 N–H and O–H groups in total. The molecule has 2 amide bonds. The van der Waals surface area contributed by atoms with Crippen LogP contribution in [0, 0.1) is 0 Å². The normalized spacial score (nSPS) is 13.8. The van der Waals surface area contributed by atoms with Crippen molar-refractivity contribution >= 4 is 34.1 Å². The van der Waals surface area contributed by atoms with Crippen LogP contribution in [0.2, 0.25) is 0 Å². The Hall–Kier alpha value is -3.48. The van der Waals surface area contributed by atoms with Crippen LogP contribution in [0.1, 0.15) is 23.3 Å². The zero-order valence-corrected chi connectivity index (χ0v) is 16.7. The molecular weight excluding hydrogens is 370 g/mol. The number of methoxy groups -OCH3 is 2. The molecule has 0 bridgehead atoms. The number of fused-ring (bicyclic) bond motifs is 1. The van der Waals surface area contributed by atoms with Gasteiger partial charge in [0.25, 0.3) is 5.91 Å². The summed E-state index contributed by atoms with van der Waals surface area (Å²) in [5, 5.41) is 3.75. The van der Waals surface area contributed by atoms with E-state index in [0.29, 0.717) is 41.5 Å². The van der Waals surface area contributed by atoms with Crippen LogP contribution in [0.5, 0.6) is 11.5 Å². The Morgan fingerprint density at radius 3 is 2.52 bits per heavy atom. The Morgan fingerprint density at radius 2 is 1.83 bits per heavy atom. The Balaban J connectivity index is 1.84. The second kappa shape index (κ2) is 7.50. The zero-order valence-electron chi connectivity index (χ0n) is 16.7. The van der Waals surface area contributed by atoms with Gasteiger partial charge in [-0.2, -0.15) is 0 Å². The standard InChI is InChI=1S/C22H23N3O4/c1-24-18-10-9-16(29-3)13-17(18)20(25-11-5-8-19(25)26)21(24)22(27)23-14-6-4-7-15(12-14)28-2/h4,6-7,9-10,12-13H,5,8,11H2,1-3H3,(H,23,27). The number of aryl methyl sites for hydroxylation is 1. The molecular formula is C22H23N3O4. The molecule has 0 radical (unpaired) electrons. The largest absolute Gasteiger partial charge is 0.497 e. The van der Waals surface area contributed by atoms with Crippen LogP contribution in [0.15, 0.2) is 42.5 Å². The first-order chi connectivity index (χ1) is 14.0. The number of hydrogen-bond acceptors (Lipinski definition) is 4. The molecule has 29 heavy (non-hydrogen) atoms. The molecule has 7 nitrogen and oxygen atoms in total. The summed E-state index contributed by atoms with van der Waals surface area (Å²) in [5.74, 6) is 1.07. The van der Waals surface area contributed by atoms with E-state index in [-0.39, 0.29) is 11.8 Å². The number of benzene rings is 2. The molecule has 0 saturated carbocycles. The molecule has 0 aliphatic carbocycles. The SMILES string of the molecule is COc1cccc(NC(=O)c2c(N3CCCC3=O)c3cc(OC)ccc3n2C)c1. The monoisotopic (exact) mass is 393 g/mol. The van der Waals surface area contributed by atoms with E-state index in [9.17, 15) is 9.59 Å². The molecule has 0 unspecified atom stereocenters. The number of ether oxygens (including phenoxy) is 2. The lowest BCUT2D eigenvalue weighted by atomic mass is 10.2.